The van der Waals surface area contributed by atoms with Gasteiger partial charge < -0.3 is 15.5 Å². The molecule has 3 N–H and O–H groups in total. The highest BCUT2D eigenvalue weighted by Gasteiger charge is 2.16. The van der Waals surface area contributed by atoms with Crippen molar-refractivity contribution in [2.45, 2.75) is 13.0 Å². The normalized spacial score (nSPS) is 11.8. The third-order valence-electron chi connectivity index (χ3n) is 2.80. The summed E-state index contributed by atoms with van der Waals surface area (Å²) in [5, 5.41) is 24.8. The zero-order chi connectivity index (χ0) is 14.7. The minimum atomic E-state index is -1.27. The Morgan fingerprint density at radius 2 is 2.15 bits per heavy atom. The Morgan fingerprint density at radius 3 is 2.75 bits per heavy atom. The summed E-state index contributed by atoms with van der Waals surface area (Å²) in [6.45, 7) is 1.67. The van der Waals surface area contributed by atoms with Crippen LogP contribution in [0.15, 0.2) is 36.7 Å². The standard InChI is InChI=1S/C13H13N3O4/c1-8(16-6-2-5-14-16)12(18)15-9-3-4-11(17)10(7-9)13(19)20/h2-8,17H,1H3,(H,15,18)(H,19,20). The zero-order valence-electron chi connectivity index (χ0n) is 10.6. The van der Waals surface area contributed by atoms with Crippen LogP contribution in [0, 0.1) is 0 Å². The SMILES string of the molecule is CC(C(=O)Nc1ccc(O)c(C(=O)O)c1)n1cccn1. The first-order chi connectivity index (χ1) is 9.49. The van der Waals surface area contributed by atoms with Crippen molar-refractivity contribution in [2.24, 2.45) is 0 Å². The molecule has 1 aromatic heterocycles. The Morgan fingerprint density at radius 1 is 1.40 bits per heavy atom. The number of hydrogen-bond acceptors (Lipinski definition) is 4. The van der Waals surface area contributed by atoms with E-state index in [1.54, 1.807) is 25.4 Å². The second kappa shape index (κ2) is 5.43. The summed E-state index contributed by atoms with van der Waals surface area (Å²) in [5.74, 6) is -1.95. The third-order valence-corrected chi connectivity index (χ3v) is 2.80. The molecule has 0 saturated heterocycles. The molecule has 0 radical (unpaired) electrons. The highest BCUT2D eigenvalue weighted by molar-refractivity contribution is 5.96. The van der Waals surface area contributed by atoms with Gasteiger partial charge in [-0.3, -0.25) is 9.48 Å². The van der Waals surface area contributed by atoms with Crippen molar-refractivity contribution >= 4 is 17.6 Å². The molecule has 1 heterocycles. The van der Waals surface area contributed by atoms with E-state index in [1.165, 1.54) is 22.9 Å². The predicted molar refractivity (Wildman–Crippen MR) is 70.6 cm³/mol. The number of anilines is 1. The molecule has 2 aromatic rings. The van der Waals surface area contributed by atoms with Crippen LogP contribution >= 0.6 is 0 Å². The van der Waals surface area contributed by atoms with E-state index in [9.17, 15) is 14.7 Å². The Balaban J connectivity index is 2.16. The molecule has 7 heteroatoms. The van der Waals surface area contributed by atoms with Crippen molar-refractivity contribution in [2.75, 3.05) is 5.32 Å². The summed E-state index contributed by atoms with van der Waals surface area (Å²) in [4.78, 5) is 22.9. The summed E-state index contributed by atoms with van der Waals surface area (Å²) < 4.78 is 1.48. The van der Waals surface area contributed by atoms with E-state index in [-0.39, 0.29) is 17.2 Å². The van der Waals surface area contributed by atoms with Gasteiger partial charge in [0.05, 0.1) is 0 Å². The molecule has 0 saturated carbocycles. The van der Waals surface area contributed by atoms with Crippen molar-refractivity contribution in [3.63, 3.8) is 0 Å². The maximum Gasteiger partial charge on any atom is 0.339 e. The van der Waals surface area contributed by atoms with Crippen LogP contribution in [0.5, 0.6) is 5.75 Å². The Hall–Kier alpha value is -2.83. The smallest absolute Gasteiger partial charge is 0.339 e. The number of carbonyl (C=O) groups excluding carboxylic acids is 1. The molecule has 0 aliphatic rings. The lowest BCUT2D eigenvalue weighted by atomic mass is 10.1. The lowest BCUT2D eigenvalue weighted by Gasteiger charge is -2.13. The number of nitrogens with one attached hydrogen (secondary N) is 1. The zero-order valence-corrected chi connectivity index (χ0v) is 10.6. The van der Waals surface area contributed by atoms with Crippen molar-refractivity contribution in [3.05, 3.63) is 42.2 Å². The summed E-state index contributed by atoms with van der Waals surface area (Å²) >= 11 is 0. The number of phenols is 1. The number of carboxylic acid groups (broad SMARTS) is 1. The molecule has 1 aromatic carbocycles. The quantitative estimate of drug-likeness (QED) is 0.733. The van der Waals surface area contributed by atoms with Gasteiger partial charge in [-0.2, -0.15) is 5.10 Å². The highest BCUT2D eigenvalue weighted by Crippen LogP contribution is 2.22. The van der Waals surface area contributed by atoms with Crippen LogP contribution in [0.4, 0.5) is 5.69 Å². The van der Waals surface area contributed by atoms with Gasteiger partial charge in [-0.15, -0.1) is 0 Å². The number of aromatic carboxylic acids is 1. The molecule has 0 fully saturated rings. The van der Waals surface area contributed by atoms with Crippen molar-refractivity contribution in [1.29, 1.82) is 0 Å². The van der Waals surface area contributed by atoms with Crippen LogP contribution in [-0.4, -0.2) is 31.9 Å². The summed E-state index contributed by atoms with van der Waals surface area (Å²) in [7, 11) is 0. The van der Waals surface area contributed by atoms with Crippen molar-refractivity contribution in [1.82, 2.24) is 9.78 Å². The molecule has 0 aliphatic heterocycles. The molecule has 0 spiro atoms. The number of hydrogen-bond donors (Lipinski definition) is 3. The fraction of sp³-hybridized carbons (Fsp3) is 0.154. The van der Waals surface area contributed by atoms with Crippen LogP contribution in [0.3, 0.4) is 0 Å². The number of aromatic hydroxyl groups is 1. The average Bonchev–Trinajstić information content (AvgIpc) is 2.93. The van der Waals surface area contributed by atoms with Gasteiger partial charge in [0.15, 0.2) is 0 Å². The summed E-state index contributed by atoms with van der Waals surface area (Å²) in [6, 6.07) is 5.01. The van der Waals surface area contributed by atoms with Gasteiger partial charge in [0.25, 0.3) is 0 Å². The Bertz CT molecular complexity index is 637. The molecule has 1 atom stereocenters. The van der Waals surface area contributed by atoms with Gasteiger partial charge in [-0.25, -0.2) is 4.79 Å². The van der Waals surface area contributed by atoms with E-state index in [1.807, 2.05) is 0 Å². The van der Waals surface area contributed by atoms with Crippen molar-refractivity contribution in [3.8, 4) is 5.75 Å². The van der Waals surface area contributed by atoms with E-state index in [0.717, 1.165) is 0 Å². The first kappa shape index (κ1) is 13.6. The van der Waals surface area contributed by atoms with Crippen molar-refractivity contribution < 1.29 is 19.8 Å². The van der Waals surface area contributed by atoms with E-state index in [0.29, 0.717) is 5.69 Å². The van der Waals surface area contributed by atoms with E-state index in [4.69, 9.17) is 5.11 Å². The highest BCUT2D eigenvalue weighted by atomic mass is 16.4. The van der Waals surface area contributed by atoms with E-state index in [2.05, 4.69) is 10.4 Å². The van der Waals surface area contributed by atoms with Crippen LogP contribution in [0.2, 0.25) is 0 Å². The van der Waals surface area contributed by atoms with Crippen LogP contribution in [-0.2, 0) is 4.79 Å². The molecular weight excluding hydrogens is 262 g/mol. The van der Waals surface area contributed by atoms with Gasteiger partial charge in [0.2, 0.25) is 5.91 Å². The minimum absolute atomic E-state index is 0.269. The minimum Gasteiger partial charge on any atom is -0.507 e. The molecule has 1 unspecified atom stereocenters. The van der Waals surface area contributed by atoms with Crippen LogP contribution in [0.25, 0.3) is 0 Å². The monoisotopic (exact) mass is 275 g/mol. The number of carboxylic acids is 1. The molecule has 0 aliphatic carbocycles. The maximum atomic E-state index is 12.0. The number of benzene rings is 1. The molecule has 104 valence electrons. The summed E-state index contributed by atoms with van der Waals surface area (Å²) in [6.07, 6.45) is 3.22. The maximum absolute atomic E-state index is 12.0. The molecular formula is C13H13N3O4. The first-order valence-electron chi connectivity index (χ1n) is 5.85. The molecule has 2 rings (SSSR count). The van der Waals surface area contributed by atoms with Gasteiger partial charge in [-0.1, -0.05) is 0 Å². The van der Waals surface area contributed by atoms with Gasteiger partial charge in [-0.05, 0) is 31.2 Å². The lowest BCUT2D eigenvalue weighted by Crippen LogP contribution is -2.24. The fourth-order valence-electron chi connectivity index (χ4n) is 1.66. The molecule has 20 heavy (non-hydrogen) atoms. The van der Waals surface area contributed by atoms with Crippen LogP contribution in [0.1, 0.15) is 23.3 Å². The number of amides is 1. The fourth-order valence-corrected chi connectivity index (χ4v) is 1.66. The van der Waals surface area contributed by atoms with Gasteiger partial charge >= 0.3 is 5.97 Å². The van der Waals surface area contributed by atoms with Gasteiger partial charge in [0, 0.05) is 18.1 Å². The second-order valence-corrected chi connectivity index (χ2v) is 4.19. The first-order valence-corrected chi connectivity index (χ1v) is 5.85. The number of carbonyl (C=O) groups is 2. The summed E-state index contributed by atoms with van der Waals surface area (Å²) in [5.41, 5.74) is 0.0266. The second-order valence-electron chi connectivity index (χ2n) is 4.19. The number of rotatable bonds is 4. The predicted octanol–water partition coefficient (Wildman–Crippen LogP) is 1.49. The lowest BCUT2D eigenvalue weighted by molar-refractivity contribution is -0.119. The van der Waals surface area contributed by atoms with Gasteiger partial charge in [0.1, 0.15) is 17.4 Å². The van der Waals surface area contributed by atoms with Crippen LogP contribution < -0.4 is 5.32 Å². The topological polar surface area (TPSA) is 104 Å². The third kappa shape index (κ3) is 2.77. The number of nitrogens with zero attached hydrogens (tertiary/aromatic N) is 2. The number of aromatic nitrogens is 2. The molecule has 1 amide bonds. The Labute approximate surface area is 114 Å². The Kier molecular flexibility index (Phi) is 3.69. The van der Waals surface area contributed by atoms with E-state index >= 15 is 0 Å². The molecule has 7 nitrogen and oxygen atoms in total. The largest absolute Gasteiger partial charge is 0.507 e. The average molecular weight is 275 g/mol. The van der Waals surface area contributed by atoms with E-state index < -0.39 is 12.0 Å². The molecule has 0 bridgehead atoms.